The summed E-state index contributed by atoms with van der Waals surface area (Å²) in [5, 5.41) is 0. The maximum atomic E-state index is 5.90. The van der Waals surface area contributed by atoms with E-state index >= 15 is 0 Å². The van der Waals surface area contributed by atoms with Crippen molar-refractivity contribution in [3.8, 4) is 5.75 Å². The van der Waals surface area contributed by atoms with E-state index in [1.165, 1.54) is 19.3 Å². The smallest absolute Gasteiger partial charge is 0.187 e. The number of hydrogen-bond donors (Lipinski definition) is 1. The van der Waals surface area contributed by atoms with Gasteiger partial charge in [-0.15, -0.1) is 0 Å². The Balaban J connectivity index is 2.73. The molecule has 2 N–H and O–H groups in total. The lowest BCUT2D eigenvalue weighted by molar-refractivity contribution is -0.141. The first-order chi connectivity index (χ1) is 10.2. The van der Waals surface area contributed by atoms with Gasteiger partial charge in [-0.2, -0.15) is 0 Å². The van der Waals surface area contributed by atoms with E-state index in [1.54, 1.807) is 0 Å². The van der Waals surface area contributed by atoms with Crippen LogP contribution < -0.4 is 10.5 Å². The van der Waals surface area contributed by atoms with Crippen LogP contribution in [0.2, 0.25) is 0 Å². The molecule has 120 valence electrons. The molecule has 21 heavy (non-hydrogen) atoms. The van der Waals surface area contributed by atoms with Gasteiger partial charge in [-0.25, -0.2) is 0 Å². The lowest BCUT2D eigenvalue weighted by atomic mass is 10.1. The van der Waals surface area contributed by atoms with Crippen molar-refractivity contribution >= 4 is 5.69 Å². The van der Waals surface area contributed by atoms with E-state index in [9.17, 15) is 0 Å². The molecule has 0 saturated carbocycles. The maximum absolute atomic E-state index is 5.90. The molecule has 0 bridgehead atoms. The highest BCUT2D eigenvalue weighted by Gasteiger charge is 2.17. The van der Waals surface area contributed by atoms with Crippen LogP contribution in [0.4, 0.5) is 5.69 Å². The Labute approximate surface area is 128 Å². The first kappa shape index (κ1) is 17.8. The summed E-state index contributed by atoms with van der Waals surface area (Å²) in [6.45, 7) is 7.97. The number of ether oxygens (including phenoxy) is 3. The molecule has 0 aromatic heterocycles. The fourth-order valence-electron chi connectivity index (χ4n) is 2.12. The summed E-state index contributed by atoms with van der Waals surface area (Å²) < 4.78 is 17.2. The Morgan fingerprint density at radius 3 is 2.33 bits per heavy atom. The summed E-state index contributed by atoms with van der Waals surface area (Å²) in [7, 11) is 0. The number of hydrogen-bond acceptors (Lipinski definition) is 4. The molecular weight excluding hydrogens is 266 g/mol. The van der Waals surface area contributed by atoms with E-state index in [0.29, 0.717) is 25.5 Å². The highest BCUT2D eigenvalue weighted by molar-refractivity contribution is 5.48. The van der Waals surface area contributed by atoms with E-state index in [4.69, 9.17) is 19.9 Å². The number of anilines is 1. The molecule has 0 aliphatic carbocycles. The predicted octanol–water partition coefficient (Wildman–Crippen LogP) is 4.30. The van der Waals surface area contributed by atoms with Gasteiger partial charge in [0.2, 0.25) is 0 Å². The molecular formula is C17H29NO3. The van der Waals surface area contributed by atoms with Crippen LogP contribution in [0.1, 0.15) is 58.3 Å². The molecule has 4 nitrogen and oxygen atoms in total. The largest absolute Gasteiger partial charge is 0.493 e. The number of rotatable bonds is 11. The second-order valence-corrected chi connectivity index (χ2v) is 4.95. The Morgan fingerprint density at radius 1 is 1.00 bits per heavy atom. The van der Waals surface area contributed by atoms with Gasteiger partial charge in [-0.3, -0.25) is 0 Å². The zero-order chi connectivity index (χ0) is 15.5. The topological polar surface area (TPSA) is 53.7 Å². The van der Waals surface area contributed by atoms with Crippen molar-refractivity contribution in [3.63, 3.8) is 0 Å². The quantitative estimate of drug-likeness (QED) is 0.376. The monoisotopic (exact) mass is 295 g/mol. The second kappa shape index (κ2) is 10.5. The van der Waals surface area contributed by atoms with Gasteiger partial charge < -0.3 is 19.9 Å². The molecule has 0 fully saturated rings. The van der Waals surface area contributed by atoms with Crippen LogP contribution in [0.3, 0.4) is 0 Å². The Hall–Kier alpha value is -1.26. The standard InChI is InChI=1S/C17H29NO3/c1-4-7-8-9-12-21-16-11-10-14(18)13-15(16)17(19-5-2)20-6-3/h10-11,13,17H,4-9,12,18H2,1-3H3. The van der Waals surface area contributed by atoms with Crippen LogP contribution in [0.15, 0.2) is 18.2 Å². The summed E-state index contributed by atoms with van der Waals surface area (Å²) in [6, 6.07) is 5.62. The number of unbranched alkanes of at least 4 members (excludes halogenated alkanes) is 3. The van der Waals surface area contributed by atoms with Gasteiger partial charge in [-0.1, -0.05) is 26.2 Å². The summed E-state index contributed by atoms with van der Waals surface area (Å²) in [5.74, 6) is 0.799. The average molecular weight is 295 g/mol. The zero-order valence-electron chi connectivity index (χ0n) is 13.6. The van der Waals surface area contributed by atoms with Crippen LogP contribution in [-0.4, -0.2) is 19.8 Å². The zero-order valence-corrected chi connectivity index (χ0v) is 13.6. The number of benzene rings is 1. The normalized spacial score (nSPS) is 11.0. The number of nitrogens with two attached hydrogens (primary N) is 1. The number of nitrogen functional groups attached to an aromatic ring is 1. The van der Waals surface area contributed by atoms with Crippen LogP contribution in [0.5, 0.6) is 5.75 Å². The third kappa shape index (κ3) is 6.36. The lowest BCUT2D eigenvalue weighted by Crippen LogP contribution is -2.12. The SMILES string of the molecule is CCCCCCOc1ccc(N)cc1C(OCC)OCC. The highest BCUT2D eigenvalue weighted by atomic mass is 16.7. The van der Waals surface area contributed by atoms with E-state index < -0.39 is 6.29 Å². The van der Waals surface area contributed by atoms with Gasteiger partial charge >= 0.3 is 0 Å². The second-order valence-electron chi connectivity index (χ2n) is 4.95. The Morgan fingerprint density at radius 2 is 1.71 bits per heavy atom. The molecule has 0 spiro atoms. The van der Waals surface area contributed by atoms with Crippen molar-refractivity contribution in [2.75, 3.05) is 25.6 Å². The first-order valence-electron chi connectivity index (χ1n) is 7.98. The van der Waals surface area contributed by atoms with E-state index in [0.717, 1.165) is 17.7 Å². The molecule has 0 aliphatic heterocycles. The van der Waals surface area contributed by atoms with Gasteiger partial charge in [0.25, 0.3) is 0 Å². The van der Waals surface area contributed by atoms with Gasteiger partial charge in [0.15, 0.2) is 6.29 Å². The van der Waals surface area contributed by atoms with E-state index in [-0.39, 0.29) is 0 Å². The predicted molar refractivity (Wildman–Crippen MR) is 86.5 cm³/mol. The molecule has 1 aromatic carbocycles. The van der Waals surface area contributed by atoms with Crippen LogP contribution in [0.25, 0.3) is 0 Å². The minimum Gasteiger partial charge on any atom is -0.493 e. The molecule has 0 atom stereocenters. The van der Waals surface area contributed by atoms with Crippen molar-refractivity contribution in [2.24, 2.45) is 0 Å². The molecule has 4 heteroatoms. The molecule has 1 aromatic rings. The van der Waals surface area contributed by atoms with Crippen molar-refractivity contribution in [1.29, 1.82) is 0 Å². The van der Waals surface area contributed by atoms with E-state index in [2.05, 4.69) is 6.92 Å². The molecule has 0 unspecified atom stereocenters. The van der Waals surface area contributed by atoms with Crippen molar-refractivity contribution in [2.45, 2.75) is 52.7 Å². The fourth-order valence-corrected chi connectivity index (χ4v) is 2.12. The van der Waals surface area contributed by atoms with Gasteiger partial charge in [-0.05, 0) is 38.5 Å². The van der Waals surface area contributed by atoms with Gasteiger partial charge in [0, 0.05) is 18.9 Å². The van der Waals surface area contributed by atoms with Crippen LogP contribution in [-0.2, 0) is 9.47 Å². The average Bonchev–Trinajstić information content (AvgIpc) is 2.48. The molecule has 0 heterocycles. The first-order valence-corrected chi connectivity index (χ1v) is 7.98. The molecule has 0 amide bonds. The van der Waals surface area contributed by atoms with Crippen molar-refractivity contribution < 1.29 is 14.2 Å². The van der Waals surface area contributed by atoms with Crippen molar-refractivity contribution in [1.82, 2.24) is 0 Å². The molecule has 1 rings (SSSR count). The van der Waals surface area contributed by atoms with Crippen LogP contribution in [0, 0.1) is 0 Å². The lowest BCUT2D eigenvalue weighted by Gasteiger charge is -2.21. The Bertz CT molecular complexity index is 390. The summed E-state index contributed by atoms with van der Waals surface area (Å²) in [5.41, 5.74) is 7.44. The summed E-state index contributed by atoms with van der Waals surface area (Å²) in [6.07, 6.45) is 4.31. The third-order valence-corrected chi connectivity index (χ3v) is 3.18. The highest BCUT2D eigenvalue weighted by Crippen LogP contribution is 2.31. The van der Waals surface area contributed by atoms with E-state index in [1.807, 2.05) is 32.0 Å². The Kier molecular flexibility index (Phi) is 8.87. The fraction of sp³-hybridized carbons (Fsp3) is 0.647. The summed E-state index contributed by atoms with van der Waals surface area (Å²) in [4.78, 5) is 0. The molecule has 0 aliphatic rings. The minimum absolute atomic E-state index is 0.422. The third-order valence-electron chi connectivity index (χ3n) is 3.18. The van der Waals surface area contributed by atoms with Gasteiger partial charge in [0.05, 0.1) is 12.2 Å². The summed E-state index contributed by atoms with van der Waals surface area (Å²) >= 11 is 0. The minimum atomic E-state index is -0.422. The van der Waals surface area contributed by atoms with Crippen molar-refractivity contribution in [3.05, 3.63) is 23.8 Å². The van der Waals surface area contributed by atoms with Gasteiger partial charge in [0.1, 0.15) is 5.75 Å². The molecule has 0 radical (unpaired) electrons. The van der Waals surface area contributed by atoms with Crippen LogP contribution >= 0.6 is 0 Å². The maximum Gasteiger partial charge on any atom is 0.187 e. The molecule has 0 saturated heterocycles.